The van der Waals surface area contributed by atoms with Crippen LogP contribution in [0.15, 0.2) is 29.3 Å². The molecule has 0 spiro atoms. The normalized spacial score (nSPS) is 33.3. The van der Waals surface area contributed by atoms with Crippen LogP contribution in [-0.4, -0.2) is 18.0 Å². The number of rotatable bonds is 4. The van der Waals surface area contributed by atoms with E-state index < -0.39 is 0 Å². The van der Waals surface area contributed by atoms with E-state index in [2.05, 4.69) is 45.0 Å². The zero-order valence-electron chi connectivity index (χ0n) is 16.8. The molecule has 1 aromatic rings. The number of nitrogens with zero attached hydrogens (tertiary/aromatic N) is 1. The van der Waals surface area contributed by atoms with Gasteiger partial charge in [0.05, 0.1) is 5.54 Å². The Morgan fingerprint density at radius 2 is 1.73 bits per heavy atom. The van der Waals surface area contributed by atoms with Crippen LogP contribution in [0.5, 0.6) is 0 Å². The summed E-state index contributed by atoms with van der Waals surface area (Å²) in [4.78, 5) is 4.70. The van der Waals surface area contributed by atoms with Crippen LogP contribution in [-0.2, 0) is 4.74 Å². The van der Waals surface area contributed by atoms with E-state index in [-0.39, 0.29) is 5.54 Å². The highest BCUT2D eigenvalue weighted by Gasteiger charge is 2.35. The average Bonchev–Trinajstić information content (AvgIpc) is 3.01. The second-order valence-electron chi connectivity index (χ2n) is 9.64. The number of fused-ring (bicyclic) bond motifs is 1. The fraction of sp³-hybridized carbons (Fsp3) is 0.708. The molecule has 2 saturated carbocycles. The molecule has 1 heterocycles. The van der Waals surface area contributed by atoms with Gasteiger partial charge in [-0.3, -0.25) is 0 Å². The summed E-state index contributed by atoms with van der Waals surface area (Å²) in [7, 11) is 0. The molecule has 0 radical (unpaired) electrons. The number of hydrogen-bond donors (Lipinski definition) is 0. The lowest BCUT2D eigenvalue weighted by Gasteiger charge is -2.42. The van der Waals surface area contributed by atoms with Gasteiger partial charge in [0, 0.05) is 5.56 Å². The van der Waals surface area contributed by atoms with Crippen molar-refractivity contribution in [3.8, 4) is 0 Å². The van der Waals surface area contributed by atoms with E-state index in [1.165, 1.54) is 56.9 Å². The first kappa shape index (κ1) is 18.1. The second kappa shape index (κ2) is 7.37. The van der Waals surface area contributed by atoms with Gasteiger partial charge in [-0.25, -0.2) is 4.99 Å². The van der Waals surface area contributed by atoms with E-state index in [0.717, 1.165) is 35.1 Å². The van der Waals surface area contributed by atoms with E-state index in [1.807, 2.05) is 0 Å². The highest BCUT2D eigenvalue weighted by molar-refractivity contribution is 5.95. The van der Waals surface area contributed by atoms with Gasteiger partial charge in [0.2, 0.25) is 5.90 Å². The lowest BCUT2D eigenvalue weighted by Crippen LogP contribution is -2.30. The molecule has 26 heavy (non-hydrogen) atoms. The molecule has 1 aliphatic heterocycles. The summed E-state index contributed by atoms with van der Waals surface area (Å²) in [6.07, 6.45) is 11.5. The van der Waals surface area contributed by atoms with Gasteiger partial charge in [0.15, 0.2) is 0 Å². The van der Waals surface area contributed by atoms with Crippen LogP contribution in [0, 0.1) is 17.8 Å². The van der Waals surface area contributed by atoms with Crippen molar-refractivity contribution in [1.82, 2.24) is 0 Å². The van der Waals surface area contributed by atoms with Gasteiger partial charge in [-0.2, -0.15) is 0 Å². The Balaban J connectivity index is 1.39. The molecule has 142 valence electrons. The molecule has 2 aliphatic carbocycles. The number of ether oxygens (including phenoxy) is 1. The molecule has 4 unspecified atom stereocenters. The molecule has 0 bridgehead atoms. The van der Waals surface area contributed by atoms with E-state index in [4.69, 9.17) is 9.73 Å². The summed E-state index contributed by atoms with van der Waals surface area (Å²) in [6, 6.07) is 9.11. The molecule has 4 rings (SSSR count). The van der Waals surface area contributed by atoms with E-state index in [1.54, 1.807) is 0 Å². The highest BCUT2D eigenvalue weighted by Crippen LogP contribution is 2.48. The number of hydrogen-bond acceptors (Lipinski definition) is 2. The molecule has 4 atom stereocenters. The maximum absolute atomic E-state index is 5.79. The standard InChI is InChI=1S/C24H35NO/c1-4-5-17-6-7-22-15-21(13-12-20(22)14-17)18-8-10-19(11-9-18)23-25-24(2,3)16-26-23/h8-11,17,20-22H,4-7,12-16H2,1-3H3. The number of benzene rings is 1. The molecule has 0 aromatic heterocycles. The first-order valence-electron chi connectivity index (χ1n) is 10.9. The first-order valence-corrected chi connectivity index (χ1v) is 10.9. The van der Waals surface area contributed by atoms with Crippen molar-refractivity contribution < 1.29 is 4.74 Å². The zero-order valence-corrected chi connectivity index (χ0v) is 16.8. The summed E-state index contributed by atoms with van der Waals surface area (Å²) in [6.45, 7) is 7.29. The predicted molar refractivity (Wildman–Crippen MR) is 109 cm³/mol. The number of aliphatic imine (C=N–C) groups is 1. The molecule has 2 nitrogen and oxygen atoms in total. The van der Waals surface area contributed by atoms with Crippen LogP contribution in [0.2, 0.25) is 0 Å². The minimum atomic E-state index is -0.0804. The van der Waals surface area contributed by atoms with Gasteiger partial charge in [-0.05, 0) is 87.3 Å². The Morgan fingerprint density at radius 1 is 1.00 bits per heavy atom. The summed E-state index contributed by atoms with van der Waals surface area (Å²) in [5, 5.41) is 0. The maximum Gasteiger partial charge on any atom is 0.216 e. The molecule has 2 heteroatoms. The van der Waals surface area contributed by atoms with Crippen molar-refractivity contribution in [2.45, 2.75) is 83.6 Å². The van der Waals surface area contributed by atoms with Gasteiger partial charge in [-0.1, -0.05) is 38.3 Å². The molecular formula is C24H35NO. The minimum absolute atomic E-state index is 0.0804. The van der Waals surface area contributed by atoms with Crippen LogP contribution >= 0.6 is 0 Å². The summed E-state index contributed by atoms with van der Waals surface area (Å²) in [5.41, 5.74) is 2.58. The molecule has 3 aliphatic rings. The Kier molecular flexibility index (Phi) is 5.12. The quantitative estimate of drug-likeness (QED) is 0.618. The molecular weight excluding hydrogens is 318 g/mol. The third-order valence-corrected chi connectivity index (χ3v) is 7.01. The summed E-state index contributed by atoms with van der Waals surface area (Å²) < 4.78 is 5.79. The fourth-order valence-corrected chi connectivity index (χ4v) is 5.59. The van der Waals surface area contributed by atoms with Crippen molar-refractivity contribution >= 4 is 5.90 Å². The largest absolute Gasteiger partial charge is 0.475 e. The van der Waals surface area contributed by atoms with Gasteiger partial charge in [0.1, 0.15) is 6.61 Å². The summed E-state index contributed by atoms with van der Waals surface area (Å²) in [5.74, 6) is 4.59. The Bertz CT molecular complexity index is 645. The van der Waals surface area contributed by atoms with E-state index >= 15 is 0 Å². The minimum Gasteiger partial charge on any atom is -0.475 e. The smallest absolute Gasteiger partial charge is 0.216 e. The van der Waals surface area contributed by atoms with E-state index in [9.17, 15) is 0 Å². The van der Waals surface area contributed by atoms with Crippen LogP contribution in [0.25, 0.3) is 0 Å². The van der Waals surface area contributed by atoms with Crippen molar-refractivity contribution in [3.05, 3.63) is 35.4 Å². The fourth-order valence-electron chi connectivity index (χ4n) is 5.59. The van der Waals surface area contributed by atoms with Gasteiger partial charge in [-0.15, -0.1) is 0 Å². The highest BCUT2D eigenvalue weighted by atomic mass is 16.5. The van der Waals surface area contributed by atoms with Crippen LogP contribution < -0.4 is 0 Å². The van der Waals surface area contributed by atoms with Gasteiger partial charge < -0.3 is 4.74 Å². The Labute approximate surface area is 159 Å². The SMILES string of the molecule is CCCC1CCC2CC(c3ccc(C4=NC(C)(C)CO4)cc3)CCC2C1. The second-order valence-corrected chi connectivity index (χ2v) is 9.64. The van der Waals surface area contributed by atoms with Crippen LogP contribution in [0.1, 0.15) is 89.2 Å². The van der Waals surface area contributed by atoms with E-state index in [0.29, 0.717) is 6.61 Å². The lowest BCUT2D eigenvalue weighted by molar-refractivity contribution is 0.114. The molecule has 0 saturated heterocycles. The Morgan fingerprint density at radius 3 is 2.42 bits per heavy atom. The van der Waals surface area contributed by atoms with Crippen LogP contribution in [0.3, 0.4) is 0 Å². The van der Waals surface area contributed by atoms with Crippen molar-refractivity contribution in [3.63, 3.8) is 0 Å². The molecule has 0 N–H and O–H groups in total. The molecule has 0 amide bonds. The third kappa shape index (κ3) is 3.85. The zero-order chi connectivity index (χ0) is 18.1. The van der Waals surface area contributed by atoms with Crippen LogP contribution in [0.4, 0.5) is 0 Å². The molecule has 2 fully saturated rings. The monoisotopic (exact) mass is 353 g/mol. The predicted octanol–water partition coefficient (Wildman–Crippen LogP) is 6.34. The Hall–Kier alpha value is -1.31. The van der Waals surface area contributed by atoms with Crippen molar-refractivity contribution in [2.24, 2.45) is 22.7 Å². The third-order valence-electron chi connectivity index (χ3n) is 7.01. The maximum atomic E-state index is 5.79. The molecule has 1 aromatic carbocycles. The van der Waals surface area contributed by atoms with Crippen molar-refractivity contribution in [1.29, 1.82) is 0 Å². The van der Waals surface area contributed by atoms with Crippen molar-refractivity contribution in [2.75, 3.05) is 6.61 Å². The lowest BCUT2D eigenvalue weighted by atomic mass is 9.63. The van der Waals surface area contributed by atoms with Gasteiger partial charge in [0.25, 0.3) is 0 Å². The van der Waals surface area contributed by atoms with Gasteiger partial charge >= 0.3 is 0 Å². The first-order chi connectivity index (χ1) is 12.5. The topological polar surface area (TPSA) is 21.6 Å². The summed E-state index contributed by atoms with van der Waals surface area (Å²) >= 11 is 0. The average molecular weight is 354 g/mol.